The van der Waals surface area contributed by atoms with E-state index < -0.39 is 11.2 Å². The molecule has 0 bridgehead atoms. The van der Waals surface area contributed by atoms with E-state index >= 15 is 0 Å². The van der Waals surface area contributed by atoms with Crippen molar-refractivity contribution < 1.29 is 19.2 Å². The van der Waals surface area contributed by atoms with Crippen molar-refractivity contribution in [2.45, 2.75) is 30.3 Å². The molecule has 6 heteroatoms. The summed E-state index contributed by atoms with van der Waals surface area (Å²) in [6.07, 6.45) is 2.90. The van der Waals surface area contributed by atoms with Gasteiger partial charge in [0.15, 0.2) is 4.90 Å². The van der Waals surface area contributed by atoms with Crippen molar-refractivity contribution >= 4 is 17.3 Å². The number of hydrogen-bond acceptors (Lipinski definition) is 4. The molecule has 1 fully saturated rings. The number of aromatic hydroxyl groups is 1. The van der Waals surface area contributed by atoms with E-state index in [0.29, 0.717) is 18.0 Å². The molecule has 3 rings (SSSR count). The number of phenols is 1. The van der Waals surface area contributed by atoms with E-state index in [1.165, 1.54) is 0 Å². The summed E-state index contributed by atoms with van der Waals surface area (Å²) < 4.78 is 17.4. The van der Waals surface area contributed by atoms with E-state index in [0.717, 1.165) is 24.0 Å². The van der Waals surface area contributed by atoms with Crippen LogP contribution in [0.15, 0.2) is 53.4 Å². The summed E-state index contributed by atoms with van der Waals surface area (Å²) >= 11 is -1.16. The number of likely N-dealkylation sites (tertiary alicyclic amines) is 1. The van der Waals surface area contributed by atoms with Gasteiger partial charge in [0.25, 0.3) is 0 Å². The molecule has 2 aromatic rings. The van der Waals surface area contributed by atoms with Gasteiger partial charge >= 0.3 is 6.09 Å². The lowest BCUT2D eigenvalue weighted by Crippen LogP contribution is -2.38. The van der Waals surface area contributed by atoms with Gasteiger partial charge in [-0.25, -0.2) is 4.79 Å². The number of hydrogen-bond donors (Lipinski definition) is 1. The van der Waals surface area contributed by atoms with E-state index in [-0.39, 0.29) is 24.4 Å². The van der Waals surface area contributed by atoms with Gasteiger partial charge in [0.05, 0.1) is 0 Å². The highest BCUT2D eigenvalue weighted by Crippen LogP contribution is 2.34. The molecule has 1 aliphatic rings. The predicted molar refractivity (Wildman–Crippen MR) is 101 cm³/mol. The summed E-state index contributed by atoms with van der Waals surface area (Å²) in [7, 11) is 0. The van der Waals surface area contributed by atoms with Gasteiger partial charge in [-0.3, -0.25) is 0 Å². The summed E-state index contributed by atoms with van der Waals surface area (Å²) in [6, 6.07) is 14.7. The van der Waals surface area contributed by atoms with E-state index in [9.17, 15) is 14.5 Å². The summed E-state index contributed by atoms with van der Waals surface area (Å²) in [5.41, 5.74) is 1.97. The van der Waals surface area contributed by atoms with Crippen LogP contribution < -0.4 is 0 Å². The molecule has 5 nitrogen and oxygen atoms in total. The van der Waals surface area contributed by atoms with E-state index in [1.807, 2.05) is 36.4 Å². The SMILES string of the molecule is C[S+]([O-])c1cc(O)ccc1C1CCN(C(=O)OCc2ccccc2)CC1. The Labute approximate surface area is 156 Å². The number of phenolic OH excluding ortho intramolecular Hbond substituents is 1. The largest absolute Gasteiger partial charge is 0.612 e. The van der Waals surface area contributed by atoms with Gasteiger partial charge in [0, 0.05) is 24.7 Å². The maximum Gasteiger partial charge on any atom is 0.410 e. The zero-order valence-corrected chi connectivity index (χ0v) is 15.6. The molecular formula is C20H23NO4S. The zero-order valence-electron chi connectivity index (χ0n) is 14.8. The van der Waals surface area contributed by atoms with Crippen LogP contribution in [-0.2, 0) is 22.5 Å². The van der Waals surface area contributed by atoms with Crippen LogP contribution in [0.4, 0.5) is 4.79 Å². The number of rotatable bonds is 4. The van der Waals surface area contributed by atoms with E-state index in [2.05, 4.69) is 0 Å². The Hall–Kier alpha value is -2.18. The van der Waals surface area contributed by atoms with Crippen LogP contribution >= 0.6 is 0 Å². The normalized spacial score (nSPS) is 16.3. The molecule has 0 spiro atoms. The Balaban J connectivity index is 1.57. The minimum Gasteiger partial charge on any atom is -0.612 e. The minimum absolute atomic E-state index is 0.126. The lowest BCUT2D eigenvalue weighted by Gasteiger charge is -2.32. The van der Waals surface area contributed by atoms with E-state index in [4.69, 9.17) is 4.74 Å². The van der Waals surface area contributed by atoms with Crippen LogP contribution in [0.1, 0.15) is 29.9 Å². The second-order valence-corrected chi connectivity index (χ2v) is 7.83. The molecule has 1 saturated heterocycles. The first kappa shape index (κ1) is 18.6. The number of piperidine rings is 1. The van der Waals surface area contributed by atoms with Crippen molar-refractivity contribution in [1.82, 2.24) is 4.90 Å². The first-order valence-corrected chi connectivity index (χ1v) is 10.2. The molecule has 0 radical (unpaired) electrons. The number of nitrogens with zero attached hydrogens (tertiary/aromatic N) is 1. The van der Waals surface area contributed by atoms with Crippen molar-refractivity contribution in [2.24, 2.45) is 0 Å². The second-order valence-electron chi connectivity index (χ2n) is 6.48. The van der Waals surface area contributed by atoms with Gasteiger partial charge in [-0.1, -0.05) is 36.4 Å². The molecule has 138 valence electrons. The summed E-state index contributed by atoms with van der Waals surface area (Å²) in [5.74, 6) is 0.355. The first-order chi connectivity index (χ1) is 12.5. The smallest absolute Gasteiger partial charge is 0.410 e. The molecule has 1 N–H and O–H groups in total. The predicted octanol–water partition coefficient (Wildman–Crippen LogP) is 3.65. The highest BCUT2D eigenvalue weighted by molar-refractivity contribution is 7.90. The van der Waals surface area contributed by atoms with Crippen LogP contribution in [0.2, 0.25) is 0 Å². The third-order valence-electron chi connectivity index (χ3n) is 4.70. The highest BCUT2D eigenvalue weighted by Gasteiger charge is 2.28. The summed E-state index contributed by atoms with van der Waals surface area (Å²) in [5, 5.41) is 9.65. The van der Waals surface area contributed by atoms with Crippen LogP contribution in [-0.4, -0.2) is 40.0 Å². The van der Waals surface area contributed by atoms with Crippen LogP contribution in [0.25, 0.3) is 0 Å². The third kappa shape index (κ3) is 4.51. The Morgan fingerprint density at radius 2 is 1.92 bits per heavy atom. The van der Waals surface area contributed by atoms with Gasteiger partial charge in [-0.05, 0) is 41.6 Å². The number of carbonyl (C=O) groups excluding carboxylic acids is 1. The molecule has 1 amide bonds. The Morgan fingerprint density at radius 3 is 2.58 bits per heavy atom. The Morgan fingerprint density at radius 1 is 1.23 bits per heavy atom. The molecule has 1 aliphatic heterocycles. The number of carbonyl (C=O) groups is 1. The fourth-order valence-electron chi connectivity index (χ4n) is 3.29. The van der Waals surface area contributed by atoms with Crippen LogP contribution in [0, 0.1) is 0 Å². The van der Waals surface area contributed by atoms with E-state index in [1.54, 1.807) is 23.3 Å². The average molecular weight is 373 g/mol. The molecule has 0 aromatic heterocycles. The standard InChI is InChI=1S/C20H23NO4S/c1-26(24)19-13-17(22)7-8-18(19)16-9-11-21(12-10-16)20(23)25-14-15-5-3-2-4-6-15/h2-8,13,16,22H,9-12,14H2,1H3. The van der Waals surface area contributed by atoms with Gasteiger partial charge in [0.1, 0.15) is 18.6 Å². The fourth-order valence-corrected chi connectivity index (χ4v) is 4.15. The molecule has 1 atom stereocenters. The van der Waals surface area contributed by atoms with Crippen molar-refractivity contribution in [1.29, 1.82) is 0 Å². The molecule has 2 aromatic carbocycles. The zero-order chi connectivity index (χ0) is 18.5. The Bertz CT molecular complexity index is 743. The maximum absolute atomic E-state index is 12.3. The summed E-state index contributed by atoms with van der Waals surface area (Å²) in [4.78, 5) is 14.7. The quantitative estimate of drug-likeness (QED) is 0.831. The first-order valence-electron chi connectivity index (χ1n) is 8.66. The van der Waals surface area contributed by atoms with Gasteiger partial charge in [-0.15, -0.1) is 0 Å². The second kappa shape index (κ2) is 8.47. The lowest BCUT2D eigenvalue weighted by molar-refractivity contribution is 0.0869. The van der Waals surface area contributed by atoms with Crippen LogP contribution in [0.3, 0.4) is 0 Å². The van der Waals surface area contributed by atoms with Crippen molar-refractivity contribution in [3.05, 3.63) is 59.7 Å². The topological polar surface area (TPSA) is 72.8 Å². The molecule has 1 heterocycles. The van der Waals surface area contributed by atoms with Crippen molar-refractivity contribution in [3.63, 3.8) is 0 Å². The number of benzene rings is 2. The fraction of sp³-hybridized carbons (Fsp3) is 0.350. The van der Waals surface area contributed by atoms with Crippen molar-refractivity contribution in [3.8, 4) is 5.75 Å². The van der Waals surface area contributed by atoms with Gasteiger partial charge < -0.3 is 19.3 Å². The number of amides is 1. The highest BCUT2D eigenvalue weighted by atomic mass is 32.2. The van der Waals surface area contributed by atoms with Gasteiger partial charge in [-0.2, -0.15) is 0 Å². The molecule has 26 heavy (non-hydrogen) atoms. The molecule has 0 saturated carbocycles. The third-order valence-corrected chi connectivity index (χ3v) is 5.68. The summed E-state index contributed by atoms with van der Waals surface area (Å²) in [6.45, 7) is 1.49. The van der Waals surface area contributed by atoms with Crippen LogP contribution in [0.5, 0.6) is 5.75 Å². The maximum atomic E-state index is 12.3. The minimum atomic E-state index is -1.16. The van der Waals surface area contributed by atoms with Gasteiger partial charge in [0.2, 0.25) is 0 Å². The number of ether oxygens (including phenoxy) is 1. The average Bonchev–Trinajstić information content (AvgIpc) is 2.67. The lowest BCUT2D eigenvalue weighted by atomic mass is 9.89. The Kier molecular flexibility index (Phi) is 6.06. The molecular weight excluding hydrogens is 350 g/mol. The molecule has 1 unspecified atom stereocenters. The van der Waals surface area contributed by atoms with Crippen molar-refractivity contribution in [2.75, 3.05) is 19.3 Å². The monoisotopic (exact) mass is 373 g/mol. The molecule has 0 aliphatic carbocycles.